The van der Waals surface area contributed by atoms with E-state index in [4.69, 9.17) is 0 Å². The van der Waals surface area contributed by atoms with Crippen LogP contribution in [0.25, 0.3) is 0 Å². The van der Waals surface area contributed by atoms with Gasteiger partial charge in [0.05, 0.1) is 12.2 Å². The smallest absolute Gasteiger partial charge is 0.226 e. The normalized spacial score (nSPS) is 14.4. The average Bonchev–Trinajstić information content (AvgIpc) is 3.09. The van der Waals surface area contributed by atoms with Crippen LogP contribution in [0.3, 0.4) is 0 Å². The zero-order valence-electron chi connectivity index (χ0n) is 17.9. The molecule has 1 aliphatic carbocycles. The highest BCUT2D eigenvalue weighted by atomic mass is 32.1. The van der Waals surface area contributed by atoms with Crippen LogP contribution in [0.4, 0.5) is 5.00 Å². The van der Waals surface area contributed by atoms with E-state index in [9.17, 15) is 15.2 Å². The number of aliphatic hydroxyl groups is 1. The third-order valence-electron chi connectivity index (χ3n) is 5.82. The maximum atomic E-state index is 12.7. The predicted molar refractivity (Wildman–Crippen MR) is 121 cm³/mol. The van der Waals surface area contributed by atoms with Crippen molar-refractivity contribution in [1.29, 1.82) is 5.26 Å². The molecule has 30 heavy (non-hydrogen) atoms. The predicted octanol–water partition coefficient (Wildman–Crippen LogP) is 4.35. The molecule has 1 aliphatic rings. The zero-order chi connectivity index (χ0) is 21.5. The molecule has 1 unspecified atom stereocenters. The summed E-state index contributed by atoms with van der Waals surface area (Å²) in [6.07, 6.45) is 4.52. The number of fused-ring (bicyclic) bond motifs is 1. The number of aryl methyl sites for hydroxylation is 1. The van der Waals surface area contributed by atoms with Crippen LogP contribution < -0.4 is 5.32 Å². The molecule has 6 heteroatoms. The number of hydrogen-bond donors (Lipinski definition) is 2. The molecule has 3 rings (SSSR count). The third-order valence-corrected chi connectivity index (χ3v) is 7.02. The van der Waals surface area contributed by atoms with E-state index in [0.29, 0.717) is 30.1 Å². The van der Waals surface area contributed by atoms with Crippen LogP contribution in [0.15, 0.2) is 30.3 Å². The summed E-state index contributed by atoms with van der Waals surface area (Å²) >= 11 is 1.56. The van der Waals surface area contributed by atoms with Gasteiger partial charge >= 0.3 is 0 Å². The van der Waals surface area contributed by atoms with Crippen LogP contribution in [0.2, 0.25) is 0 Å². The van der Waals surface area contributed by atoms with Crippen LogP contribution >= 0.6 is 11.3 Å². The van der Waals surface area contributed by atoms with E-state index in [0.717, 1.165) is 36.8 Å². The van der Waals surface area contributed by atoms with E-state index in [2.05, 4.69) is 42.3 Å². The van der Waals surface area contributed by atoms with Crippen molar-refractivity contribution in [3.05, 3.63) is 51.9 Å². The summed E-state index contributed by atoms with van der Waals surface area (Å²) in [7, 11) is 0. The van der Waals surface area contributed by atoms with Gasteiger partial charge in [-0.15, -0.1) is 11.3 Å². The number of rotatable bonds is 9. The lowest BCUT2D eigenvalue weighted by Gasteiger charge is -2.33. The molecule has 2 N–H and O–H groups in total. The van der Waals surface area contributed by atoms with Gasteiger partial charge in [-0.1, -0.05) is 44.2 Å². The Balaban J connectivity index is 1.67. The number of thiophene rings is 1. The van der Waals surface area contributed by atoms with Crippen molar-refractivity contribution in [3.8, 4) is 6.07 Å². The lowest BCUT2D eigenvalue weighted by molar-refractivity contribution is -0.116. The largest absolute Gasteiger partial charge is 0.395 e. The first kappa shape index (κ1) is 22.5. The molecule has 2 aromatic rings. The van der Waals surface area contributed by atoms with Crippen molar-refractivity contribution >= 4 is 22.2 Å². The summed E-state index contributed by atoms with van der Waals surface area (Å²) < 4.78 is 0. The molecule has 0 bridgehead atoms. The van der Waals surface area contributed by atoms with Crippen molar-refractivity contribution in [1.82, 2.24) is 4.90 Å². The van der Waals surface area contributed by atoms with E-state index in [1.165, 1.54) is 4.88 Å². The molecule has 1 aromatic carbocycles. The highest BCUT2D eigenvalue weighted by Gasteiger charge is 2.24. The van der Waals surface area contributed by atoms with E-state index >= 15 is 0 Å². The fourth-order valence-corrected chi connectivity index (χ4v) is 5.39. The van der Waals surface area contributed by atoms with Gasteiger partial charge in [0.2, 0.25) is 5.91 Å². The minimum atomic E-state index is -0.0800. The number of nitrogens with zero attached hydrogens (tertiary/aromatic N) is 2. The molecule has 0 radical (unpaired) electrons. The van der Waals surface area contributed by atoms with Crippen molar-refractivity contribution < 1.29 is 9.90 Å². The van der Waals surface area contributed by atoms with Gasteiger partial charge < -0.3 is 10.4 Å². The number of amides is 1. The summed E-state index contributed by atoms with van der Waals surface area (Å²) in [6.45, 7) is 5.48. The molecule has 0 saturated carbocycles. The minimum Gasteiger partial charge on any atom is -0.395 e. The Kier molecular flexibility index (Phi) is 8.03. The van der Waals surface area contributed by atoms with Crippen molar-refractivity contribution in [2.45, 2.75) is 58.5 Å². The van der Waals surface area contributed by atoms with Crippen LogP contribution in [0.5, 0.6) is 0 Å². The SMILES string of the molecule is CC(C)C(CO)N(CCC(=O)Nc1sc2c(c1C#N)CCCC2)Cc1ccccc1. The quantitative estimate of drug-likeness (QED) is 0.626. The monoisotopic (exact) mass is 425 g/mol. The fraction of sp³-hybridized carbons (Fsp3) is 0.500. The molecule has 0 spiro atoms. The van der Waals surface area contributed by atoms with Gasteiger partial charge in [0.15, 0.2) is 0 Å². The number of nitrogens with one attached hydrogen (secondary N) is 1. The number of anilines is 1. The third kappa shape index (κ3) is 5.48. The maximum absolute atomic E-state index is 12.7. The van der Waals surface area contributed by atoms with E-state index in [1.807, 2.05) is 18.2 Å². The lowest BCUT2D eigenvalue weighted by Crippen LogP contribution is -2.42. The van der Waals surface area contributed by atoms with Crippen LogP contribution in [-0.4, -0.2) is 35.1 Å². The second-order valence-corrected chi connectivity index (χ2v) is 9.38. The van der Waals surface area contributed by atoms with Gasteiger partial charge in [-0.3, -0.25) is 9.69 Å². The number of carbonyl (C=O) groups is 1. The Morgan fingerprint density at radius 2 is 2.00 bits per heavy atom. The van der Waals surface area contributed by atoms with Gasteiger partial charge in [0.25, 0.3) is 0 Å². The molecule has 0 aliphatic heterocycles. The summed E-state index contributed by atoms with van der Waals surface area (Å²) in [5, 5.41) is 23.2. The van der Waals surface area contributed by atoms with Gasteiger partial charge in [0, 0.05) is 30.4 Å². The van der Waals surface area contributed by atoms with E-state index in [1.54, 1.807) is 11.3 Å². The molecule has 160 valence electrons. The zero-order valence-corrected chi connectivity index (χ0v) is 18.7. The number of nitriles is 1. The summed E-state index contributed by atoms with van der Waals surface area (Å²) in [5.41, 5.74) is 2.95. The molecule has 1 amide bonds. The first-order valence-electron chi connectivity index (χ1n) is 10.8. The van der Waals surface area contributed by atoms with Gasteiger partial charge in [-0.25, -0.2) is 0 Å². The second kappa shape index (κ2) is 10.7. The Labute approximate surface area is 183 Å². The van der Waals surface area contributed by atoms with Gasteiger partial charge in [-0.2, -0.15) is 5.26 Å². The molecule has 1 aromatic heterocycles. The topological polar surface area (TPSA) is 76.4 Å². The van der Waals surface area contributed by atoms with Crippen molar-refractivity contribution in [2.75, 3.05) is 18.5 Å². The first-order chi connectivity index (χ1) is 14.5. The maximum Gasteiger partial charge on any atom is 0.226 e. The average molecular weight is 426 g/mol. The van der Waals surface area contributed by atoms with Crippen LogP contribution in [-0.2, 0) is 24.2 Å². The van der Waals surface area contributed by atoms with Crippen molar-refractivity contribution in [2.24, 2.45) is 5.92 Å². The van der Waals surface area contributed by atoms with Crippen LogP contribution in [0, 0.1) is 17.2 Å². The van der Waals surface area contributed by atoms with Gasteiger partial charge in [-0.05, 0) is 42.7 Å². The summed E-state index contributed by atoms with van der Waals surface area (Å²) in [5.74, 6) is 0.194. The molecule has 0 fully saturated rings. The molecule has 0 saturated heterocycles. The standard InChI is InChI=1S/C24H31N3O2S/c1-17(2)21(16-28)27(15-18-8-4-3-5-9-18)13-12-23(29)26-24-20(14-25)19-10-6-7-11-22(19)30-24/h3-5,8-9,17,21,28H,6-7,10-13,15-16H2,1-2H3,(H,26,29). The number of aliphatic hydroxyl groups excluding tert-OH is 1. The van der Waals surface area contributed by atoms with E-state index in [-0.39, 0.29) is 24.5 Å². The van der Waals surface area contributed by atoms with Gasteiger partial charge in [0.1, 0.15) is 11.1 Å². The Hall–Kier alpha value is -2.20. The minimum absolute atomic E-state index is 0.0123. The Morgan fingerprint density at radius 1 is 1.27 bits per heavy atom. The van der Waals surface area contributed by atoms with Crippen LogP contribution in [0.1, 0.15) is 54.7 Å². The Bertz CT molecular complexity index is 886. The molecule has 1 heterocycles. The Morgan fingerprint density at radius 3 is 2.67 bits per heavy atom. The molecular weight excluding hydrogens is 394 g/mol. The van der Waals surface area contributed by atoms with Crippen molar-refractivity contribution in [3.63, 3.8) is 0 Å². The molecule has 5 nitrogen and oxygen atoms in total. The fourth-order valence-electron chi connectivity index (χ4n) is 4.13. The highest BCUT2D eigenvalue weighted by molar-refractivity contribution is 7.16. The number of carbonyl (C=O) groups excluding carboxylic acids is 1. The molecular formula is C24H31N3O2S. The number of benzene rings is 1. The lowest BCUT2D eigenvalue weighted by atomic mass is 9.96. The highest BCUT2D eigenvalue weighted by Crippen LogP contribution is 2.37. The first-order valence-corrected chi connectivity index (χ1v) is 11.6. The second-order valence-electron chi connectivity index (χ2n) is 8.28. The number of hydrogen-bond acceptors (Lipinski definition) is 5. The summed E-state index contributed by atoms with van der Waals surface area (Å²) in [4.78, 5) is 16.2. The van der Waals surface area contributed by atoms with E-state index < -0.39 is 0 Å². The molecule has 1 atom stereocenters. The summed E-state index contributed by atoms with van der Waals surface area (Å²) in [6, 6.07) is 12.4.